The smallest absolute Gasteiger partial charge is 0.238 e. The van der Waals surface area contributed by atoms with Crippen molar-refractivity contribution >= 4 is 21.6 Å². The number of halogens is 1. The molecule has 0 aromatic carbocycles. The zero-order valence-corrected chi connectivity index (χ0v) is 11.9. The van der Waals surface area contributed by atoms with Gasteiger partial charge in [-0.1, -0.05) is 0 Å². The molecule has 0 bridgehead atoms. The van der Waals surface area contributed by atoms with Gasteiger partial charge < -0.3 is 4.74 Å². The Bertz CT molecular complexity index is 782. The summed E-state index contributed by atoms with van der Waals surface area (Å²) in [6.07, 6.45) is 3.97. The highest BCUT2D eigenvalue weighted by Gasteiger charge is 2.26. The minimum atomic E-state index is -1.03. The monoisotopic (exact) mass is 306 g/mol. The number of nitrogens with zero attached hydrogens (tertiary/aromatic N) is 2. The van der Waals surface area contributed by atoms with E-state index in [2.05, 4.69) is 4.98 Å². The summed E-state index contributed by atoms with van der Waals surface area (Å²) < 4.78 is 20.4. The van der Waals surface area contributed by atoms with Gasteiger partial charge in [0.25, 0.3) is 0 Å². The molecule has 1 aliphatic carbocycles. The van der Waals surface area contributed by atoms with E-state index < -0.39 is 16.8 Å². The SMILES string of the molecule is Cc1cc2nccc(OC3=C(F)CC([N+](=O)[O-])C=C3)c2s1. The zero-order chi connectivity index (χ0) is 15.0. The number of rotatable bonds is 3. The number of pyridine rings is 1. The average Bonchev–Trinajstić information content (AvgIpc) is 2.82. The number of fused-ring (bicyclic) bond motifs is 1. The highest BCUT2D eigenvalue weighted by atomic mass is 32.1. The van der Waals surface area contributed by atoms with Gasteiger partial charge >= 0.3 is 0 Å². The molecular formula is C14H11FN2O3S. The van der Waals surface area contributed by atoms with Gasteiger partial charge in [0.1, 0.15) is 11.6 Å². The third-order valence-corrected chi connectivity index (χ3v) is 4.17. The molecule has 21 heavy (non-hydrogen) atoms. The van der Waals surface area contributed by atoms with Crippen LogP contribution in [0.2, 0.25) is 0 Å². The van der Waals surface area contributed by atoms with Crippen molar-refractivity contribution < 1.29 is 14.1 Å². The lowest BCUT2D eigenvalue weighted by Gasteiger charge is -2.14. The van der Waals surface area contributed by atoms with Gasteiger partial charge in [-0.2, -0.15) is 0 Å². The van der Waals surface area contributed by atoms with E-state index in [-0.39, 0.29) is 12.2 Å². The van der Waals surface area contributed by atoms with E-state index in [1.54, 1.807) is 12.3 Å². The molecule has 108 valence electrons. The summed E-state index contributed by atoms with van der Waals surface area (Å²) in [7, 11) is 0. The van der Waals surface area contributed by atoms with E-state index in [0.29, 0.717) is 5.75 Å². The third kappa shape index (κ3) is 2.64. The Kier molecular flexibility index (Phi) is 3.42. The van der Waals surface area contributed by atoms with Crippen LogP contribution in [0.4, 0.5) is 4.39 Å². The van der Waals surface area contributed by atoms with Crippen molar-refractivity contribution in [3.05, 3.63) is 57.1 Å². The number of hydrogen-bond donors (Lipinski definition) is 0. The Morgan fingerprint density at radius 1 is 1.57 bits per heavy atom. The minimum absolute atomic E-state index is 0.0200. The number of aromatic nitrogens is 1. The van der Waals surface area contributed by atoms with Gasteiger partial charge in [0, 0.05) is 22.1 Å². The Morgan fingerprint density at radius 2 is 2.38 bits per heavy atom. The fourth-order valence-electron chi connectivity index (χ4n) is 2.11. The standard InChI is InChI=1S/C14H11FN2O3S/c1-8-6-11-14(21-8)13(4-5-16-11)20-12-3-2-9(17(18)19)7-10(12)15/h2-6,9H,7H2,1H3. The van der Waals surface area contributed by atoms with E-state index in [1.165, 1.54) is 23.5 Å². The molecule has 2 heterocycles. The quantitative estimate of drug-likeness (QED) is 0.639. The van der Waals surface area contributed by atoms with Gasteiger partial charge in [-0.05, 0) is 25.1 Å². The summed E-state index contributed by atoms with van der Waals surface area (Å²) in [5, 5.41) is 10.7. The van der Waals surface area contributed by atoms with E-state index in [4.69, 9.17) is 4.74 Å². The first kappa shape index (κ1) is 13.7. The van der Waals surface area contributed by atoms with Crippen molar-refractivity contribution in [2.24, 2.45) is 0 Å². The first-order valence-corrected chi connectivity index (χ1v) is 7.09. The van der Waals surface area contributed by atoms with Gasteiger partial charge in [-0.15, -0.1) is 11.3 Å². The molecule has 0 saturated carbocycles. The van der Waals surface area contributed by atoms with E-state index >= 15 is 0 Å². The number of ether oxygens (including phenoxy) is 1. The van der Waals surface area contributed by atoms with Crippen LogP contribution in [0.5, 0.6) is 5.75 Å². The fourth-order valence-corrected chi connectivity index (χ4v) is 3.03. The molecule has 0 fully saturated rings. The predicted molar refractivity (Wildman–Crippen MR) is 77.7 cm³/mol. The molecule has 2 aromatic heterocycles. The molecule has 3 rings (SSSR count). The van der Waals surface area contributed by atoms with Crippen LogP contribution < -0.4 is 4.74 Å². The van der Waals surface area contributed by atoms with Crippen molar-refractivity contribution in [1.29, 1.82) is 0 Å². The van der Waals surface area contributed by atoms with Gasteiger partial charge in [0.05, 0.1) is 16.6 Å². The normalized spacial score (nSPS) is 18.3. The van der Waals surface area contributed by atoms with Crippen LogP contribution in [0.15, 0.2) is 42.1 Å². The molecule has 0 aliphatic heterocycles. The highest BCUT2D eigenvalue weighted by Crippen LogP contribution is 2.34. The first-order valence-electron chi connectivity index (χ1n) is 6.28. The Labute approximate surface area is 123 Å². The van der Waals surface area contributed by atoms with Gasteiger partial charge in [-0.25, -0.2) is 4.39 Å². The number of thiophene rings is 1. The summed E-state index contributed by atoms with van der Waals surface area (Å²) in [5.41, 5.74) is 0.791. The maximum Gasteiger partial charge on any atom is 0.238 e. The highest BCUT2D eigenvalue weighted by molar-refractivity contribution is 7.19. The number of allylic oxidation sites excluding steroid dienone is 1. The number of aryl methyl sites for hydroxylation is 1. The second kappa shape index (κ2) is 5.25. The topological polar surface area (TPSA) is 65.3 Å². The molecule has 5 nitrogen and oxygen atoms in total. The molecule has 7 heteroatoms. The van der Waals surface area contributed by atoms with Gasteiger partial charge in [0.2, 0.25) is 6.04 Å². The fraction of sp³-hybridized carbons (Fsp3) is 0.214. The van der Waals surface area contributed by atoms with Crippen LogP contribution in [-0.4, -0.2) is 15.9 Å². The second-order valence-corrected chi connectivity index (χ2v) is 5.92. The molecule has 0 amide bonds. The maximum absolute atomic E-state index is 13.9. The summed E-state index contributed by atoms with van der Waals surface area (Å²) in [6.45, 7) is 1.96. The molecule has 0 saturated heterocycles. The number of nitro groups is 1. The lowest BCUT2D eigenvalue weighted by molar-refractivity contribution is -0.509. The largest absolute Gasteiger partial charge is 0.453 e. The lowest BCUT2D eigenvalue weighted by atomic mass is 10.1. The Balaban J connectivity index is 1.91. The van der Waals surface area contributed by atoms with Crippen LogP contribution in [0, 0.1) is 17.0 Å². The third-order valence-electron chi connectivity index (χ3n) is 3.12. The van der Waals surface area contributed by atoms with Crippen LogP contribution in [-0.2, 0) is 0 Å². The molecule has 2 aromatic rings. The molecule has 0 spiro atoms. The summed E-state index contributed by atoms with van der Waals surface area (Å²) in [4.78, 5) is 15.4. The molecule has 1 unspecified atom stereocenters. The molecule has 0 N–H and O–H groups in total. The van der Waals surface area contributed by atoms with Crippen molar-refractivity contribution in [3.8, 4) is 5.75 Å². The van der Waals surface area contributed by atoms with E-state index in [9.17, 15) is 14.5 Å². The maximum atomic E-state index is 13.9. The van der Waals surface area contributed by atoms with Crippen LogP contribution in [0.3, 0.4) is 0 Å². The summed E-state index contributed by atoms with van der Waals surface area (Å²) >= 11 is 1.51. The minimum Gasteiger partial charge on any atom is -0.453 e. The van der Waals surface area contributed by atoms with Crippen LogP contribution in [0.25, 0.3) is 10.2 Å². The predicted octanol–water partition coefficient (Wildman–Crippen LogP) is 3.77. The number of hydrogen-bond acceptors (Lipinski definition) is 5. The Morgan fingerprint density at radius 3 is 3.10 bits per heavy atom. The summed E-state index contributed by atoms with van der Waals surface area (Å²) in [5.74, 6) is -0.0865. The molecule has 1 aliphatic rings. The van der Waals surface area contributed by atoms with Crippen molar-refractivity contribution in [2.45, 2.75) is 19.4 Å². The van der Waals surface area contributed by atoms with Crippen molar-refractivity contribution in [1.82, 2.24) is 4.98 Å². The Hall–Kier alpha value is -2.28. The van der Waals surface area contributed by atoms with E-state index in [1.807, 2.05) is 13.0 Å². The first-order chi connectivity index (χ1) is 10.0. The summed E-state index contributed by atoms with van der Waals surface area (Å²) in [6, 6.07) is 2.56. The van der Waals surface area contributed by atoms with Gasteiger partial charge in [-0.3, -0.25) is 15.1 Å². The average molecular weight is 306 g/mol. The molecule has 1 atom stereocenters. The molecule has 0 radical (unpaired) electrons. The van der Waals surface area contributed by atoms with Crippen molar-refractivity contribution in [2.75, 3.05) is 0 Å². The molecular weight excluding hydrogens is 295 g/mol. The van der Waals surface area contributed by atoms with E-state index in [0.717, 1.165) is 15.1 Å². The second-order valence-electron chi connectivity index (χ2n) is 4.67. The lowest BCUT2D eigenvalue weighted by Crippen LogP contribution is -2.20. The van der Waals surface area contributed by atoms with Crippen molar-refractivity contribution in [3.63, 3.8) is 0 Å². The van der Waals surface area contributed by atoms with Crippen LogP contribution >= 0.6 is 11.3 Å². The van der Waals surface area contributed by atoms with Crippen LogP contribution in [0.1, 0.15) is 11.3 Å². The van der Waals surface area contributed by atoms with Gasteiger partial charge in [0.15, 0.2) is 5.76 Å². The zero-order valence-electron chi connectivity index (χ0n) is 11.1.